The quantitative estimate of drug-likeness (QED) is 0.292. The van der Waals surface area contributed by atoms with Crippen LogP contribution in [0.15, 0.2) is 48.1 Å². The standard InChI is InChI=1S/C23H26FN5O2S/c1-4-8-28-16(2)13-20(17(28)3)21(30)15-32-23-26-25-22(27-9-11-31-12-10-27)29(23)19-7-5-6-18(24)14-19/h4-7,13-14H,1,8-12,15H2,2-3H3. The van der Waals surface area contributed by atoms with Crippen LogP contribution >= 0.6 is 11.8 Å². The molecule has 168 valence electrons. The Bertz CT molecular complexity index is 1130. The van der Waals surface area contributed by atoms with Gasteiger partial charge in [0.1, 0.15) is 5.82 Å². The number of thioether (sulfide) groups is 1. The number of morpholine rings is 1. The third-order valence-electron chi connectivity index (χ3n) is 5.49. The van der Waals surface area contributed by atoms with E-state index in [9.17, 15) is 9.18 Å². The number of hydrogen-bond donors (Lipinski definition) is 0. The highest BCUT2D eigenvalue weighted by Gasteiger charge is 2.23. The summed E-state index contributed by atoms with van der Waals surface area (Å²) in [6.45, 7) is 10.9. The Kier molecular flexibility index (Phi) is 6.76. The SMILES string of the molecule is C=CCn1c(C)cc(C(=O)CSc2nnc(N3CCOCC3)n2-c2cccc(F)c2)c1C. The van der Waals surface area contributed by atoms with E-state index in [2.05, 4.69) is 26.2 Å². The van der Waals surface area contributed by atoms with Crippen LogP contribution in [0.25, 0.3) is 5.69 Å². The second-order valence-corrected chi connectivity index (χ2v) is 8.54. The van der Waals surface area contributed by atoms with Crippen LogP contribution in [0, 0.1) is 19.7 Å². The molecule has 0 spiro atoms. The Morgan fingerprint density at radius 1 is 1.25 bits per heavy atom. The van der Waals surface area contributed by atoms with Gasteiger partial charge in [0.05, 0.1) is 24.7 Å². The molecular formula is C23H26FN5O2S. The maximum Gasteiger partial charge on any atom is 0.232 e. The molecule has 1 aliphatic heterocycles. The number of aromatic nitrogens is 4. The minimum Gasteiger partial charge on any atom is -0.378 e. The van der Waals surface area contributed by atoms with Gasteiger partial charge in [-0.1, -0.05) is 23.9 Å². The maximum absolute atomic E-state index is 14.0. The van der Waals surface area contributed by atoms with E-state index in [0.717, 1.165) is 11.4 Å². The van der Waals surface area contributed by atoms with E-state index in [1.165, 1.54) is 23.9 Å². The molecule has 4 rings (SSSR count). The van der Waals surface area contributed by atoms with Crippen LogP contribution in [0.5, 0.6) is 0 Å². The smallest absolute Gasteiger partial charge is 0.232 e. The minimum atomic E-state index is -0.342. The summed E-state index contributed by atoms with van der Waals surface area (Å²) in [5.74, 6) is 0.499. The fourth-order valence-corrected chi connectivity index (χ4v) is 4.70. The number of ketones is 1. The number of anilines is 1. The van der Waals surface area contributed by atoms with E-state index in [4.69, 9.17) is 4.74 Å². The van der Waals surface area contributed by atoms with E-state index in [1.54, 1.807) is 6.07 Å². The molecular weight excluding hydrogens is 429 g/mol. The van der Waals surface area contributed by atoms with Gasteiger partial charge in [-0.15, -0.1) is 16.8 Å². The van der Waals surface area contributed by atoms with Crippen LogP contribution in [-0.2, 0) is 11.3 Å². The first-order valence-electron chi connectivity index (χ1n) is 10.5. The summed E-state index contributed by atoms with van der Waals surface area (Å²) >= 11 is 1.30. The molecule has 1 saturated heterocycles. The Hall–Kier alpha value is -2.91. The van der Waals surface area contributed by atoms with Crippen LogP contribution < -0.4 is 4.90 Å². The van der Waals surface area contributed by atoms with E-state index < -0.39 is 0 Å². The Morgan fingerprint density at radius 3 is 2.75 bits per heavy atom. The first-order valence-corrected chi connectivity index (χ1v) is 11.5. The van der Waals surface area contributed by atoms with Gasteiger partial charge < -0.3 is 14.2 Å². The van der Waals surface area contributed by atoms with Crippen molar-refractivity contribution in [2.75, 3.05) is 37.0 Å². The van der Waals surface area contributed by atoms with E-state index >= 15 is 0 Å². The topological polar surface area (TPSA) is 65.2 Å². The molecule has 3 aromatic rings. The monoisotopic (exact) mass is 455 g/mol. The maximum atomic E-state index is 14.0. The normalized spacial score (nSPS) is 14.0. The zero-order chi connectivity index (χ0) is 22.7. The summed E-state index contributed by atoms with van der Waals surface area (Å²) in [4.78, 5) is 15.1. The number of hydrogen-bond acceptors (Lipinski definition) is 6. The predicted octanol–water partition coefficient (Wildman–Crippen LogP) is 3.82. The number of benzene rings is 1. The molecule has 32 heavy (non-hydrogen) atoms. The van der Waals surface area contributed by atoms with Crippen LogP contribution in [0.4, 0.5) is 10.3 Å². The van der Waals surface area contributed by atoms with Crippen molar-refractivity contribution in [2.45, 2.75) is 25.5 Å². The van der Waals surface area contributed by atoms with Gasteiger partial charge in [-0.25, -0.2) is 4.39 Å². The number of aryl methyl sites for hydroxylation is 1. The lowest BCUT2D eigenvalue weighted by molar-refractivity contribution is 0.102. The third-order valence-corrected chi connectivity index (χ3v) is 6.42. The highest BCUT2D eigenvalue weighted by molar-refractivity contribution is 7.99. The number of nitrogens with zero attached hydrogens (tertiary/aromatic N) is 5. The van der Waals surface area contributed by atoms with Crippen molar-refractivity contribution in [3.8, 4) is 5.69 Å². The minimum absolute atomic E-state index is 0.0140. The van der Waals surface area contributed by atoms with Crippen molar-refractivity contribution >= 4 is 23.5 Å². The van der Waals surface area contributed by atoms with Crippen LogP contribution in [0.2, 0.25) is 0 Å². The molecule has 1 aliphatic rings. The zero-order valence-electron chi connectivity index (χ0n) is 18.3. The summed E-state index contributed by atoms with van der Waals surface area (Å²) < 4.78 is 23.3. The number of halogens is 1. The van der Waals surface area contributed by atoms with Gasteiger partial charge >= 0.3 is 0 Å². The highest BCUT2D eigenvalue weighted by atomic mass is 32.2. The second-order valence-electron chi connectivity index (χ2n) is 7.59. The summed E-state index contributed by atoms with van der Waals surface area (Å²) in [5.41, 5.74) is 3.26. The summed E-state index contributed by atoms with van der Waals surface area (Å²) in [7, 11) is 0. The number of rotatable bonds is 8. The molecule has 7 nitrogen and oxygen atoms in total. The zero-order valence-corrected chi connectivity index (χ0v) is 19.1. The van der Waals surface area contributed by atoms with Crippen molar-refractivity contribution in [3.05, 3.63) is 65.8 Å². The van der Waals surface area contributed by atoms with Crippen molar-refractivity contribution < 1.29 is 13.9 Å². The molecule has 1 aromatic carbocycles. The molecule has 0 atom stereocenters. The van der Waals surface area contributed by atoms with E-state index in [0.29, 0.717) is 55.2 Å². The van der Waals surface area contributed by atoms with Crippen molar-refractivity contribution in [1.29, 1.82) is 0 Å². The molecule has 0 saturated carbocycles. The van der Waals surface area contributed by atoms with Gasteiger partial charge in [0, 0.05) is 36.6 Å². The summed E-state index contributed by atoms with van der Waals surface area (Å²) in [6.07, 6.45) is 1.82. The summed E-state index contributed by atoms with van der Waals surface area (Å²) in [6, 6.07) is 8.23. The second kappa shape index (κ2) is 9.70. The predicted molar refractivity (Wildman–Crippen MR) is 124 cm³/mol. The molecule has 0 aliphatic carbocycles. The number of carbonyl (C=O) groups excluding carboxylic acids is 1. The molecule has 1 fully saturated rings. The van der Waals surface area contributed by atoms with E-state index in [-0.39, 0.29) is 17.4 Å². The highest BCUT2D eigenvalue weighted by Crippen LogP contribution is 2.28. The van der Waals surface area contributed by atoms with Gasteiger partial charge in [0.25, 0.3) is 0 Å². The van der Waals surface area contributed by atoms with Crippen molar-refractivity contribution in [3.63, 3.8) is 0 Å². The lowest BCUT2D eigenvalue weighted by Crippen LogP contribution is -2.37. The number of carbonyl (C=O) groups is 1. The van der Waals surface area contributed by atoms with Crippen LogP contribution in [-0.4, -0.2) is 57.2 Å². The van der Waals surface area contributed by atoms with E-state index in [1.807, 2.05) is 36.6 Å². The lowest BCUT2D eigenvalue weighted by atomic mass is 10.2. The van der Waals surface area contributed by atoms with Gasteiger partial charge in [-0.05, 0) is 38.1 Å². The third kappa shape index (κ3) is 4.49. The summed E-state index contributed by atoms with van der Waals surface area (Å²) in [5, 5.41) is 9.25. The van der Waals surface area contributed by atoms with Crippen molar-refractivity contribution in [1.82, 2.24) is 19.3 Å². The van der Waals surface area contributed by atoms with Gasteiger partial charge in [-0.3, -0.25) is 9.36 Å². The molecule has 0 bridgehead atoms. The van der Waals surface area contributed by atoms with Gasteiger partial charge in [0.2, 0.25) is 5.95 Å². The Morgan fingerprint density at radius 2 is 2.03 bits per heavy atom. The first kappa shape index (κ1) is 22.3. The average Bonchev–Trinajstić information content (AvgIpc) is 3.35. The molecule has 0 amide bonds. The molecule has 2 aromatic heterocycles. The molecule has 0 radical (unpaired) electrons. The molecule has 3 heterocycles. The van der Waals surface area contributed by atoms with Crippen molar-refractivity contribution in [2.24, 2.45) is 0 Å². The average molecular weight is 456 g/mol. The van der Waals surface area contributed by atoms with Gasteiger partial charge in [-0.2, -0.15) is 0 Å². The van der Waals surface area contributed by atoms with Crippen LogP contribution in [0.3, 0.4) is 0 Å². The molecule has 9 heteroatoms. The van der Waals surface area contributed by atoms with Gasteiger partial charge in [0.15, 0.2) is 10.9 Å². The van der Waals surface area contributed by atoms with Crippen LogP contribution in [0.1, 0.15) is 21.7 Å². The Balaban J connectivity index is 1.61. The fraction of sp³-hybridized carbons (Fsp3) is 0.348. The molecule has 0 N–H and O–H groups in total. The number of allylic oxidation sites excluding steroid dienone is 1. The first-order chi connectivity index (χ1) is 15.5. The largest absolute Gasteiger partial charge is 0.378 e. The lowest BCUT2D eigenvalue weighted by Gasteiger charge is -2.27. The number of ether oxygens (including phenoxy) is 1. The molecule has 0 unspecified atom stereocenters. The fourth-order valence-electron chi connectivity index (χ4n) is 3.87. The Labute approximate surface area is 190 Å². The number of Topliss-reactive ketones (excluding diaryl/α,β-unsaturated/α-hetero) is 1.